The Kier molecular flexibility index (Phi) is 5.44. The molecule has 5 aromatic rings. The molecule has 3 aromatic carbocycles. The minimum absolute atomic E-state index is 0.253. The number of halogens is 1. The van der Waals surface area contributed by atoms with Gasteiger partial charge in [-0.3, -0.25) is 4.79 Å². The van der Waals surface area contributed by atoms with Gasteiger partial charge in [0.2, 0.25) is 0 Å². The molecule has 2 aromatic heterocycles. The number of nitrogens with one attached hydrogen (secondary N) is 1. The molecule has 0 aliphatic rings. The van der Waals surface area contributed by atoms with Gasteiger partial charge in [-0.25, -0.2) is 15.0 Å². The van der Waals surface area contributed by atoms with Crippen LogP contribution in [0.25, 0.3) is 33.5 Å². The molecule has 1 amide bonds. The number of hydrogen-bond donors (Lipinski definition) is 1. The number of fused-ring (bicyclic) bond motifs is 1. The average Bonchev–Trinajstić information content (AvgIpc) is 2.85. The van der Waals surface area contributed by atoms with Crippen molar-refractivity contribution in [1.82, 2.24) is 15.0 Å². The lowest BCUT2D eigenvalue weighted by Crippen LogP contribution is -2.13. The molecule has 5 rings (SSSR count). The molecule has 32 heavy (non-hydrogen) atoms. The number of amides is 1. The molecule has 6 heteroatoms. The highest BCUT2D eigenvalue weighted by atomic mass is 79.9. The lowest BCUT2D eigenvalue weighted by molar-refractivity contribution is 0.102. The van der Waals surface area contributed by atoms with Gasteiger partial charge in [0.15, 0.2) is 0 Å². The zero-order chi connectivity index (χ0) is 21.9. The third kappa shape index (κ3) is 4.13. The van der Waals surface area contributed by atoms with E-state index in [9.17, 15) is 4.79 Å². The van der Waals surface area contributed by atoms with Crippen LogP contribution < -0.4 is 5.32 Å². The summed E-state index contributed by atoms with van der Waals surface area (Å²) >= 11 is 3.34. The summed E-state index contributed by atoms with van der Waals surface area (Å²) in [6.45, 7) is 0. The first-order valence-electron chi connectivity index (χ1n) is 10.0. The normalized spacial score (nSPS) is 10.8. The number of nitrogens with zero attached hydrogens (tertiary/aromatic N) is 3. The molecule has 0 atom stereocenters. The number of carbonyl (C=O) groups excluding carboxylic acids is 1. The van der Waals surface area contributed by atoms with Gasteiger partial charge in [-0.1, -0.05) is 60.7 Å². The fraction of sp³-hybridized carbons (Fsp3) is 0. The summed E-state index contributed by atoms with van der Waals surface area (Å²) in [7, 11) is 0. The van der Waals surface area contributed by atoms with Crippen molar-refractivity contribution in [2.45, 2.75) is 0 Å². The van der Waals surface area contributed by atoms with E-state index < -0.39 is 0 Å². The van der Waals surface area contributed by atoms with Crippen LogP contribution >= 0.6 is 15.9 Å². The number of anilines is 1. The smallest absolute Gasteiger partial charge is 0.256 e. The minimum atomic E-state index is -0.253. The minimum Gasteiger partial charge on any atom is -0.307 e. The fourth-order valence-electron chi connectivity index (χ4n) is 3.43. The monoisotopic (exact) mass is 480 g/mol. The number of aromatic nitrogens is 3. The Morgan fingerprint density at radius 2 is 1.34 bits per heavy atom. The Morgan fingerprint density at radius 3 is 1.94 bits per heavy atom. The van der Waals surface area contributed by atoms with Gasteiger partial charge in [-0.15, -0.1) is 0 Å². The van der Waals surface area contributed by atoms with E-state index in [-0.39, 0.29) is 5.91 Å². The highest BCUT2D eigenvalue weighted by molar-refractivity contribution is 9.10. The van der Waals surface area contributed by atoms with E-state index in [0.717, 1.165) is 32.5 Å². The standard InChI is InChI=1S/C26H17BrN4O/c27-20-12-14-23(28-16-20)31-26(32)19-11-13-21-22(15-19)30-25(18-9-5-2-6-10-18)24(29-21)17-7-3-1-4-8-17/h1-16H,(H,28,31,32). The number of benzene rings is 3. The van der Waals surface area contributed by atoms with E-state index in [2.05, 4.69) is 26.2 Å². The summed E-state index contributed by atoms with van der Waals surface area (Å²) in [6, 6.07) is 28.8. The van der Waals surface area contributed by atoms with Gasteiger partial charge in [-0.2, -0.15) is 0 Å². The zero-order valence-corrected chi connectivity index (χ0v) is 18.5. The van der Waals surface area contributed by atoms with Gasteiger partial charge in [0, 0.05) is 27.4 Å². The Morgan fingerprint density at radius 1 is 0.719 bits per heavy atom. The second-order valence-electron chi connectivity index (χ2n) is 7.17. The van der Waals surface area contributed by atoms with Gasteiger partial charge in [-0.05, 0) is 46.3 Å². The maximum Gasteiger partial charge on any atom is 0.256 e. The summed E-state index contributed by atoms with van der Waals surface area (Å²) in [5.41, 5.74) is 5.40. The Balaban J connectivity index is 1.59. The van der Waals surface area contributed by atoms with Crippen molar-refractivity contribution >= 4 is 38.7 Å². The van der Waals surface area contributed by atoms with Crippen LogP contribution in [0.15, 0.2) is 102 Å². The molecule has 0 bridgehead atoms. The van der Waals surface area contributed by atoms with Crippen molar-refractivity contribution in [3.8, 4) is 22.5 Å². The molecule has 2 heterocycles. The van der Waals surface area contributed by atoms with Crippen molar-refractivity contribution in [2.24, 2.45) is 0 Å². The topological polar surface area (TPSA) is 67.8 Å². The van der Waals surface area contributed by atoms with Crippen LogP contribution in [0, 0.1) is 0 Å². The van der Waals surface area contributed by atoms with Crippen molar-refractivity contribution in [2.75, 3.05) is 5.32 Å². The predicted molar refractivity (Wildman–Crippen MR) is 130 cm³/mol. The lowest BCUT2D eigenvalue weighted by atomic mass is 10.0. The number of hydrogen-bond acceptors (Lipinski definition) is 4. The van der Waals surface area contributed by atoms with E-state index in [1.54, 1.807) is 24.4 Å². The third-order valence-corrected chi connectivity index (χ3v) is 5.46. The summed E-state index contributed by atoms with van der Waals surface area (Å²) < 4.78 is 0.846. The molecule has 0 aliphatic heterocycles. The van der Waals surface area contributed by atoms with Crippen molar-refractivity contribution in [3.05, 3.63) is 107 Å². The molecular weight excluding hydrogens is 464 g/mol. The van der Waals surface area contributed by atoms with Gasteiger partial charge in [0.1, 0.15) is 5.82 Å². The number of rotatable bonds is 4. The van der Waals surface area contributed by atoms with Crippen molar-refractivity contribution in [3.63, 3.8) is 0 Å². The second kappa shape index (κ2) is 8.69. The Hall–Kier alpha value is -3.90. The van der Waals surface area contributed by atoms with E-state index in [4.69, 9.17) is 9.97 Å². The summed E-state index contributed by atoms with van der Waals surface area (Å²) in [6.07, 6.45) is 1.64. The van der Waals surface area contributed by atoms with Crippen LogP contribution in [0.4, 0.5) is 5.82 Å². The van der Waals surface area contributed by atoms with Crippen LogP contribution in [0.1, 0.15) is 10.4 Å². The first-order valence-corrected chi connectivity index (χ1v) is 10.8. The summed E-state index contributed by atoms with van der Waals surface area (Å²) in [4.78, 5) is 26.8. The predicted octanol–water partition coefficient (Wildman–Crippen LogP) is 6.37. The van der Waals surface area contributed by atoms with E-state index in [1.807, 2.05) is 72.8 Å². The number of pyridine rings is 1. The third-order valence-electron chi connectivity index (χ3n) is 4.99. The molecule has 1 N–H and O–H groups in total. The molecule has 154 valence electrons. The molecule has 0 saturated heterocycles. The van der Waals surface area contributed by atoms with Crippen LogP contribution in [0.2, 0.25) is 0 Å². The number of carbonyl (C=O) groups is 1. The van der Waals surface area contributed by atoms with E-state index in [0.29, 0.717) is 16.9 Å². The van der Waals surface area contributed by atoms with Gasteiger partial charge in [0.25, 0.3) is 5.91 Å². The van der Waals surface area contributed by atoms with Gasteiger partial charge in [0.05, 0.1) is 22.4 Å². The molecule has 0 aliphatic carbocycles. The van der Waals surface area contributed by atoms with Crippen LogP contribution in [0.5, 0.6) is 0 Å². The molecule has 5 nitrogen and oxygen atoms in total. The molecule has 0 spiro atoms. The summed E-state index contributed by atoms with van der Waals surface area (Å²) in [5, 5.41) is 2.81. The highest BCUT2D eigenvalue weighted by Gasteiger charge is 2.15. The maximum atomic E-state index is 12.8. The van der Waals surface area contributed by atoms with Crippen LogP contribution in [0.3, 0.4) is 0 Å². The molecule has 0 unspecified atom stereocenters. The van der Waals surface area contributed by atoms with Crippen molar-refractivity contribution in [1.29, 1.82) is 0 Å². The van der Waals surface area contributed by atoms with Crippen molar-refractivity contribution < 1.29 is 4.79 Å². The Labute approximate surface area is 193 Å². The van der Waals surface area contributed by atoms with E-state index >= 15 is 0 Å². The maximum absolute atomic E-state index is 12.8. The first-order chi connectivity index (χ1) is 15.7. The van der Waals surface area contributed by atoms with Gasteiger partial charge >= 0.3 is 0 Å². The second-order valence-corrected chi connectivity index (χ2v) is 8.09. The average molecular weight is 481 g/mol. The van der Waals surface area contributed by atoms with E-state index in [1.165, 1.54) is 0 Å². The largest absolute Gasteiger partial charge is 0.307 e. The van der Waals surface area contributed by atoms with Gasteiger partial charge < -0.3 is 5.32 Å². The van der Waals surface area contributed by atoms with Crippen LogP contribution in [-0.4, -0.2) is 20.9 Å². The molecule has 0 radical (unpaired) electrons. The fourth-order valence-corrected chi connectivity index (χ4v) is 3.66. The highest BCUT2D eigenvalue weighted by Crippen LogP contribution is 2.31. The molecule has 0 saturated carbocycles. The Bertz CT molecular complexity index is 1410. The molecular formula is C26H17BrN4O. The SMILES string of the molecule is O=C(Nc1ccc(Br)cn1)c1ccc2nc(-c3ccccc3)c(-c3ccccc3)nc2c1. The first kappa shape index (κ1) is 20.0. The zero-order valence-electron chi connectivity index (χ0n) is 16.9. The quantitative estimate of drug-likeness (QED) is 0.324. The summed E-state index contributed by atoms with van der Waals surface area (Å²) in [5.74, 6) is 0.228. The lowest BCUT2D eigenvalue weighted by Gasteiger charge is -2.11. The van der Waals surface area contributed by atoms with Crippen LogP contribution in [-0.2, 0) is 0 Å². The molecule has 0 fully saturated rings.